The van der Waals surface area contributed by atoms with Gasteiger partial charge in [-0.05, 0) is 51.0 Å². The smallest absolute Gasteiger partial charge is 0.325 e. The Kier molecular flexibility index (Phi) is 5.35. The van der Waals surface area contributed by atoms with E-state index in [-0.39, 0.29) is 12.3 Å². The largest absolute Gasteiger partial charge is 0.348 e. The van der Waals surface area contributed by atoms with Crippen LogP contribution in [0.25, 0.3) is 0 Å². The Hall–Kier alpha value is -2.60. The lowest BCUT2D eigenvalue weighted by Gasteiger charge is -2.22. The van der Waals surface area contributed by atoms with Crippen molar-refractivity contribution in [3.63, 3.8) is 0 Å². The van der Waals surface area contributed by atoms with Crippen molar-refractivity contribution in [2.75, 3.05) is 6.54 Å². The molecule has 1 aliphatic heterocycles. The zero-order valence-corrected chi connectivity index (χ0v) is 17.3. The second-order valence-corrected chi connectivity index (χ2v) is 7.75. The molecule has 6 nitrogen and oxygen atoms in total. The number of aromatic nitrogens is 1. The van der Waals surface area contributed by atoms with Gasteiger partial charge in [0, 0.05) is 28.5 Å². The minimum absolute atomic E-state index is 0.255. The number of nitrogens with zero attached hydrogens (tertiary/aromatic N) is 2. The van der Waals surface area contributed by atoms with E-state index < -0.39 is 17.5 Å². The molecule has 0 spiro atoms. The van der Waals surface area contributed by atoms with Crippen LogP contribution in [-0.2, 0) is 16.9 Å². The zero-order chi connectivity index (χ0) is 20.6. The van der Waals surface area contributed by atoms with E-state index in [2.05, 4.69) is 16.8 Å². The second kappa shape index (κ2) is 7.43. The number of hydrogen-bond acceptors (Lipinski definition) is 3. The fourth-order valence-electron chi connectivity index (χ4n) is 3.72. The number of urea groups is 1. The Morgan fingerprint density at radius 3 is 2.57 bits per heavy atom. The summed E-state index contributed by atoms with van der Waals surface area (Å²) in [5, 5.41) is 3.17. The maximum absolute atomic E-state index is 13.0. The van der Waals surface area contributed by atoms with Crippen molar-refractivity contribution in [2.45, 2.75) is 46.2 Å². The average Bonchev–Trinajstić information content (AvgIpc) is 3.05. The standard InChI is InChI=1S/C21H24ClN3O3/c1-5-9-24-13(2)10-17(14(24)3)18(26)12-25-19(27)21(4,23-20(25)28)15-7-6-8-16(22)11-15/h6-8,10-11H,5,9,12H2,1-4H3,(H,23,28). The summed E-state index contributed by atoms with van der Waals surface area (Å²) in [4.78, 5) is 39.4. The van der Waals surface area contributed by atoms with Crippen LogP contribution in [0.3, 0.4) is 0 Å². The molecule has 1 fully saturated rings. The quantitative estimate of drug-likeness (QED) is 0.590. The van der Waals surface area contributed by atoms with E-state index in [4.69, 9.17) is 11.6 Å². The molecule has 3 rings (SSSR count). The average molecular weight is 402 g/mol. The first kappa shape index (κ1) is 20.1. The molecular formula is C21H24ClN3O3. The van der Waals surface area contributed by atoms with E-state index in [0.29, 0.717) is 16.1 Å². The molecule has 28 heavy (non-hydrogen) atoms. The van der Waals surface area contributed by atoms with Crippen LogP contribution in [-0.4, -0.2) is 33.7 Å². The molecule has 1 aliphatic rings. The van der Waals surface area contributed by atoms with Crippen molar-refractivity contribution in [1.29, 1.82) is 0 Å². The third kappa shape index (κ3) is 3.33. The number of rotatable bonds is 6. The Morgan fingerprint density at radius 1 is 1.21 bits per heavy atom. The predicted octanol–water partition coefficient (Wildman–Crippen LogP) is 3.82. The highest BCUT2D eigenvalue weighted by atomic mass is 35.5. The fraction of sp³-hybridized carbons (Fsp3) is 0.381. The molecule has 2 heterocycles. The Labute approximate surface area is 169 Å². The van der Waals surface area contributed by atoms with Crippen molar-refractivity contribution in [3.05, 3.63) is 57.9 Å². The van der Waals surface area contributed by atoms with Gasteiger partial charge < -0.3 is 9.88 Å². The highest BCUT2D eigenvalue weighted by Crippen LogP contribution is 2.30. The lowest BCUT2D eigenvalue weighted by Crippen LogP contribution is -2.41. The number of amides is 3. The van der Waals surface area contributed by atoms with E-state index >= 15 is 0 Å². The van der Waals surface area contributed by atoms with Gasteiger partial charge in [-0.25, -0.2) is 4.79 Å². The summed E-state index contributed by atoms with van der Waals surface area (Å²) in [5.41, 5.74) is 1.72. The fourth-order valence-corrected chi connectivity index (χ4v) is 3.91. The Balaban J connectivity index is 1.85. The summed E-state index contributed by atoms with van der Waals surface area (Å²) in [6.45, 7) is 8.06. The zero-order valence-electron chi connectivity index (χ0n) is 16.5. The van der Waals surface area contributed by atoms with Gasteiger partial charge in [0.05, 0.1) is 6.54 Å². The minimum atomic E-state index is -1.25. The molecule has 1 saturated heterocycles. The van der Waals surface area contributed by atoms with Gasteiger partial charge in [-0.15, -0.1) is 0 Å². The van der Waals surface area contributed by atoms with Crippen LogP contribution in [0.1, 0.15) is 47.6 Å². The maximum atomic E-state index is 13.0. The molecule has 1 unspecified atom stereocenters. The van der Waals surface area contributed by atoms with E-state index in [1.807, 2.05) is 19.9 Å². The minimum Gasteiger partial charge on any atom is -0.348 e. The molecule has 0 radical (unpaired) electrons. The van der Waals surface area contributed by atoms with Crippen molar-refractivity contribution in [1.82, 2.24) is 14.8 Å². The van der Waals surface area contributed by atoms with Gasteiger partial charge in [0.25, 0.3) is 5.91 Å². The van der Waals surface area contributed by atoms with Gasteiger partial charge >= 0.3 is 6.03 Å². The molecule has 148 valence electrons. The van der Waals surface area contributed by atoms with Crippen molar-refractivity contribution in [2.24, 2.45) is 0 Å². The van der Waals surface area contributed by atoms with E-state index in [1.165, 1.54) is 0 Å². The highest BCUT2D eigenvalue weighted by Gasteiger charge is 2.49. The van der Waals surface area contributed by atoms with Crippen LogP contribution in [0.4, 0.5) is 4.79 Å². The number of carbonyl (C=O) groups is 3. The van der Waals surface area contributed by atoms with Crippen LogP contribution in [0.2, 0.25) is 5.02 Å². The van der Waals surface area contributed by atoms with Crippen molar-refractivity contribution in [3.8, 4) is 0 Å². The molecule has 2 aromatic rings. The van der Waals surface area contributed by atoms with E-state index in [9.17, 15) is 14.4 Å². The van der Waals surface area contributed by atoms with Crippen LogP contribution in [0.5, 0.6) is 0 Å². The molecule has 7 heteroatoms. The lowest BCUT2D eigenvalue weighted by atomic mass is 9.92. The summed E-state index contributed by atoms with van der Waals surface area (Å²) >= 11 is 6.04. The van der Waals surface area contributed by atoms with Crippen LogP contribution in [0, 0.1) is 13.8 Å². The maximum Gasteiger partial charge on any atom is 0.325 e. The van der Waals surface area contributed by atoms with Gasteiger partial charge in [-0.3, -0.25) is 14.5 Å². The summed E-state index contributed by atoms with van der Waals surface area (Å²) in [6, 6.07) is 8.03. The molecule has 1 atom stereocenters. The molecule has 3 amide bonds. The molecular weight excluding hydrogens is 378 g/mol. The molecule has 0 bridgehead atoms. The van der Waals surface area contributed by atoms with Gasteiger partial charge in [0.2, 0.25) is 0 Å². The number of halogens is 1. The molecule has 1 aromatic heterocycles. The topological polar surface area (TPSA) is 71.4 Å². The Bertz CT molecular complexity index is 966. The second-order valence-electron chi connectivity index (χ2n) is 7.32. The van der Waals surface area contributed by atoms with Crippen LogP contribution in [0.15, 0.2) is 30.3 Å². The van der Waals surface area contributed by atoms with E-state index in [0.717, 1.165) is 29.3 Å². The molecule has 1 N–H and O–H groups in total. The van der Waals surface area contributed by atoms with Gasteiger partial charge in [-0.2, -0.15) is 0 Å². The first-order valence-corrected chi connectivity index (χ1v) is 9.67. The SMILES string of the molecule is CCCn1c(C)cc(C(=O)CN2C(=O)NC(C)(c3cccc(Cl)c3)C2=O)c1C. The Morgan fingerprint density at radius 2 is 1.93 bits per heavy atom. The first-order valence-electron chi connectivity index (χ1n) is 9.29. The summed E-state index contributed by atoms with van der Waals surface area (Å²) in [7, 11) is 0. The third-order valence-corrected chi connectivity index (χ3v) is 5.54. The van der Waals surface area contributed by atoms with E-state index in [1.54, 1.807) is 31.2 Å². The number of imide groups is 1. The summed E-state index contributed by atoms with van der Waals surface area (Å²) in [6.07, 6.45) is 0.953. The number of hydrogen-bond donors (Lipinski definition) is 1. The first-order chi connectivity index (χ1) is 13.2. The lowest BCUT2D eigenvalue weighted by molar-refractivity contribution is -0.130. The third-order valence-electron chi connectivity index (χ3n) is 5.30. The number of carbonyl (C=O) groups excluding carboxylic acids is 3. The summed E-state index contributed by atoms with van der Waals surface area (Å²) < 4.78 is 2.08. The number of ketones is 1. The predicted molar refractivity (Wildman–Crippen MR) is 108 cm³/mol. The van der Waals surface area contributed by atoms with Crippen LogP contribution >= 0.6 is 11.6 Å². The van der Waals surface area contributed by atoms with Crippen molar-refractivity contribution >= 4 is 29.3 Å². The van der Waals surface area contributed by atoms with Gasteiger partial charge in [0.15, 0.2) is 5.78 Å². The van der Waals surface area contributed by atoms with Crippen molar-refractivity contribution < 1.29 is 14.4 Å². The van der Waals surface area contributed by atoms with Gasteiger partial charge in [-0.1, -0.05) is 30.7 Å². The summed E-state index contributed by atoms with van der Waals surface area (Å²) in [5.74, 6) is -0.718. The van der Waals surface area contributed by atoms with Gasteiger partial charge in [0.1, 0.15) is 5.54 Å². The normalized spacial score (nSPS) is 19.2. The molecule has 0 aliphatic carbocycles. The highest BCUT2D eigenvalue weighted by molar-refractivity contribution is 6.30. The number of aryl methyl sites for hydroxylation is 1. The molecule has 0 saturated carbocycles. The monoisotopic (exact) mass is 401 g/mol. The molecule has 1 aromatic carbocycles. The van der Waals surface area contributed by atoms with Crippen LogP contribution < -0.4 is 5.32 Å². The number of benzene rings is 1. The number of Topliss-reactive ketones (excluding diaryl/α,β-unsaturated/α-hetero) is 1. The number of nitrogens with one attached hydrogen (secondary N) is 1.